The van der Waals surface area contributed by atoms with Gasteiger partial charge in [0, 0.05) is 49.0 Å². The lowest BCUT2D eigenvalue weighted by Gasteiger charge is -2.37. The lowest BCUT2D eigenvalue weighted by atomic mass is 10.1. The van der Waals surface area contributed by atoms with E-state index in [-0.39, 0.29) is 17.9 Å². The second kappa shape index (κ2) is 10.2. The second-order valence-corrected chi connectivity index (χ2v) is 9.74. The molecule has 1 atom stereocenters. The smallest absolute Gasteiger partial charge is 0.257 e. The highest BCUT2D eigenvalue weighted by atomic mass is 35.5. The van der Waals surface area contributed by atoms with Crippen LogP contribution in [0.15, 0.2) is 60.8 Å². The largest absolute Gasteiger partial charge is 0.352 e. The van der Waals surface area contributed by atoms with Crippen LogP contribution in [0, 0.1) is 0 Å². The van der Waals surface area contributed by atoms with Crippen molar-refractivity contribution in [2.75, 3.05) is 26.2 Å². The summed E-state index contributed by atoms with van der Waals surface area (Å²) < 4.78 is 1.79. The maximum atomic E-state index is 13.6. The average molecular weight is 492 g/mol. The fraction of sp³-hybridized carbons (Fsp3) is 0.370. The van der Waals surface area contributed by atoms with Crippen molar-refractivity contribution in [3.05, 3.63) is 76.9 Å². The van der Waals surface area contributed by atoms with Crippen LogP contribution in [0.3, 0.4) is 0 Å². The third-order valence-electron chi connectivity index (χ3n) is 6.78. The van der Waals surface area contributed by atoms with E-state index >= 15 is 0 Å². The Morgan fingerprint density at radius 2 is 1.71 bits per heavy atom. The summed E-state index contributed by atoms with van der Waals surface area (Å²) in [4.78, 5) is 30.1. The first-order chi connectivity index (χ1) is 17.0. The van der Waals surface area contributed by atoms with Gasteiger partial charge in [0.15, 0.2) is 0 Å². The van der Waals surface area contributed by atoms with Crippen molar-refractivity contribution in [1.29, 1.82) is 0 Å². The first-order valence-electron chi connectivity index (χ1n) is 12.2. The topological polar surface area (TPSA) is 70.5 Å². The Morgan fingerprint density at radius 3 is 2.40 bits per heavy atom. The van der Waals surface area contributed by atoms with Gasteiger partial charge in [0.05, 0.1) is 18.2 Å². The lowest BCUT2D eigenvalue weighted by molar-refractivity contribution is -0.126. The molecule has 1 N–H and O–H groups in total. The van der Waals surface area contributed by atoms with Crippen LogP contribution in [0.1, 0.15) is 35.7 Å². The molecule has 2 amide bonds. The molecule has 2 heterocycles. The summed E-state index contributed by atoms with van der Waals surface area (Å²) in [5.74, 6) is 0.0449. The average Bonchev–Trinajstić information content (AvgIpc) is 3.61. The van der Waals surface area contributed by atoms with E-state index in [1.54, 1.807) is 4.68 Å². The van der Waals surface area contributed by atoms with Gasteiger partial charge in [-0.1, -0.05) is 60.1 Å². The molecule has 3 aromatic rings. The van der Waals surface area contributed by atoms with Crippen LogP contribution < -0.4 is 5.32 Å². The van der Waals surface area contributed by atoms with Crippen molar-refractivity contribution in [1.82, 2.24) is 24.9 Å². The normalized spacial score (nSPS) is 17.3. The van der Waals surface area contributed by atoms with E-state index in [4.69, 9.17) is 16.7 Å². The third kappa shape index (κ3) is 5.41. The number of nitrogens with one attached hydrogen (secondary N) is 1. The SMILES string of the molecule is C[C@H](C(=O)NC1CC1)N1CCN(C(=O)c2cn(Cc3ccccc3Cl)nc2-c2ccccc2)CC1. The molecule has 35 heavy (non-hydrogen) atoms. The van der Waals surface area contributed by atoms with Gasteiger partial charge in [-0.3, -0.25) is 19.2 Å². The van der Waals surface area contributed by atoms with Crippen molar-refractivity contribution < 1.29 is 9.59 Å². The number of aromatic nitrogens is 2. The zero-order chi connectivity index (χ0) is 24.4. The predicted molar refractivity (Wildman–Crippen MR) is 136 cm³/mol. The Balaban J connectivity index is 1.32. The molecule has 1 aliphatic carbocycles. The minimum atomic E-state index is -0.189. The summed E-state index contributed by atoms with van der Waals surface area (Å²) in [6.07, 6.45) is 3.98. The van der Waals surface area contributed by atoms with E-state index in [1.165, 1.54) is 0 Å². The summed E-state index contributed by atoms with van der Waals surface area (Å²) >= 11 is 6.37. The minimum Gasteiger partial charge on any atom is -0.352 e. The molecule has 0 unspecified atom stereocenters. The highest BCUT2D eigenvalue weighted by molar-refractivity contribution is 6.31. The summed E-state index contributed by atoms with van der Waals surface area (Å²) in [6.45, 7) is 4.90. The van der Waals surface area contributed by atoms with Gasteiger partial charge in [-0.25, -0.2) is 0 Å². The maximum absolute atomic E-state index is 13.6. The quantitative estimate of drug-likeness (QED) is 0.547. The molecule has 1 saturated heterocycles. The Hall–Kier alpha value is -3.16. The fourth-order valence-corrected chi connectivity index (χ4v) is 4.66. The van der Waals surface area contributed by atoms with Crippen molar-refractivity contribution in [2.45, 2.75) is 38.4 Å². The van der Waals surface area contributed by atoms with Crippen LogP contribution in [-0.2, 0) is 11.3 Å². The number of rotatable bonds is 7. The molecule has 8 heteroatoms. The van der Waals surface area contributed by atoms with E-state index in [0.29, 0.717) is 55.0 Å². The van der Waals surface area contributed by atoms with Gasteiger partial charge >= 0.3 is 0 Å². The molecule has 1 aliphatic heterocycles. The molecule has 1 saturated carbocycles. The Kier molecular flexibility index (Phi) is 6.88. The third-order valence-corrected chi connectivity index (χ3v) is 7.15. The van der Waals surface area contributed by atoms with Crippen LogP contribution in [-0.4, -0.2) is 69.7 Å². The molecule has 1 aromatic heterocycles. The summed E-state index contributed by atoms with van der Waals surface area (Å²) in [7, 11) is 0. The van der Waals surface area contributed by atoms with E-state index in [9.17, 15) is 9.59 Å². The zero-order valence-electron chi connectivity index (χ0n) is 19.9. The standard InChI is InChI=1S/C27H30ClN5O2/c1-19(26(34)29-22-11-12-22)31-13-15-32(16-14-31)27(35)23-18-33(17-21-9-5-6-10-24(21)28)30-25(23)20-7-3-2-4-8-20/h2-10,18-19,22H,11-17H2,1H3,(H,29,34)/t19-/m1/s1. The Bertz CT molecular complexity index is 1200. The molecule has 0 radical (unpaired) electrons. The molecular weight excluding hydrogens is 462 g/mol. The first-order valence-corrected chi connectivity index (χ1v) is 12.6. The van der Waals surface area contributed by atoms with Crippen LogP contribution in [0.4, 0.5) is 0 Å². The van der Waals surface area contributed by atoms with E-state index in [2.05, 4.69) is 10.2 Å². The molecular formula is C27H30ClN5O2. The van der Waals surface area contributed by atoms with Gasteiger partial charge in [0.25, 0.3) is 5.91 Å². The van der Waals surface area contributed by atoms with Gasteiger partial charge in [0.1, 0.15) is 5.69 Å². The zero-order valence-corrected chi connectivity index (χ0v) is 20.6. The summed E-state index contributed by atoms with van der Waals surface area (Å²) in [5, 5.41) is 8.54. The number of halogens is 1. The number of benzene rings is 2. The van der Waals surface area contributed by atoms with Crippen LogP contribution in [0.25, 0.3) is 11.3 Å². The van der Waals surface area contributed by atoms with Crippen molar-refractivity contribution >= 4 is 23.4 Å². The molecule has 5 rings (SSSR count). The Labute approximate surface area is 210 Å². The number of piperazine rings is 1. The Morgan fingerprint density at radius 1 is 1.03 bits per heavy atom. The van der Waals surface area contributed by atoms with E-state index < -0.39 is 0 Å². The highest BCUT2D eigenvalue weighted by Gasteiger charge is 2.32. The number of hydrogen-bond donors (Lipinski definition) is 1. The molecule has 0 bridgehead atoms. The maximum Gasteiger partial charge on any atom is 0.257 e. The number of amides is 2. The monoisotopic (exact) mass is 491 g/mol. The highest BCUT2D eigenvalue weighted by Crippen LogP contribution is 2.25. The van der Waals surface area contributed by atoms with Gasteiger partial charge in [0.2, 0.25) is 5.91 Å². The number of carbonyl (C=O) groups is 2. The molecule has 0 spiro atoms. The number of nitrogens with zero attached hydrogens (tertiary/aromatic N) is 4. The lowest BCUT2D eigenvalue weighted by Crippen LogP contribution is -2.55. The van der Waals surface area contributed by atoms with E-state index in [1.807, 2.05) is 72.6 Å². The summed E-state index contributed by atoms with van der Waals surface area (Å²) in [5.41, 5.74) is 3.10. The first kappa shape index (κ1) is 23.6. The predicted octanol–water partition coefficient (Wildman–Crippen LogP) is 3.68. The summed E-state index contributed by atoms with van der Waals surface area (Å²) in [6, 6.07) is 17.6. The number of carbonyl (C=O) groups excluding carboxylic acids is 2. The van der Waals surface area contributed by atoms with Crippen LogP contribution in [0.5, 0.6) is 0 Å². The number of hydrogen-bond acceptors (Lipinski definition) is 4. The molecule has 2 aromatic carbocycles. The van der Waals surface area contributed by atoms with E-state index in [0.717, 1.165) is 24.0 Å². The molecule has 182 valence electrons. The van der Waals surface area contributed by atoms with Gasteiger partial charge in [-0.15, -0.1) is 0 Å². The fourth-order valence-electron chi connectivity index (χ4n) is 4.47. The minimum absolute atomic E-state index is 0.0380. The van der Waals surface area contributed by atoms with Gasteiger partial charge < -0.3 is 10.2 Å². The second-order valence-electron chi connectivity index (χ2n) is 9.33. The van der Waals surface area contributed by atoms with Crippen LogP contribution in [0.2, 0.25) is 5.02 Å². The van der Waals surface area contributed by atoms with Crippen molar-refractivity contribution in [3.63, 3.8) is 0 Å². The molecule has 2 fully saturated rings. The van der Waals surface area contributed by atoms with Gasteiger partial charge in [-0.05, 0) is 31.4 Å². The van der Waals surface area contributed by atoms with Crippen molar-refractivity contribution in [2.24, 2.45) is 0 Å². The molecule has 2 aliphatic rings. The van der Waals surface area contributed by atoms with Gasteiger partial charge in [-0.2, -0.15) is 5.10 Å². The van der Waals surface area contributed by atoms with Crippen molar-refractivity contribution in [3.8, 4) is 11.3 Å². The molecule has 7 nitrogen and oxygen atoms in total. The van der Waals surface area contributed by atoms with Crippen LogP contribution >= 0.6 is 11.6 Å².